The average molecular weight is 627 g/mol. The van der Waals surface area contributed by atoms with Crippen LogP contribution in [0.5, 0.6) is 0 Å². The Hall–Kier alpha value is -4.75. The van der Waals surface area contributed by atoms with Crippen LogP contribution < -0.4 is 5.46 Å². The molecule has 10 rings (SSSR count). The highest BCUT2D eigenvalue weighted by Crippen LogP contribution is 2.43. The number of aromatic nitrogens is 2. The number of hydrogen-bond donors (Lipinski definition) is 0. The first-order valence-corrected chi connectivity index (χ1v) is 17.0. The maximum absolute atomic E-state index is 6.37. The van der Waals surface area contributed by atoms with Gasteiger partial charge in [0.05, 0.1) is 26.9 Å². The molecule has 0 unspecified atom stereocenters. The van der Waals surface area contributed by atoms with Crippen LogP contribution in [-0.4, -0.2) is 27.7 Å². The molecule has 3 aromatic heterocycles. The van der Waals surface area contributed by atoms with Crippen LogP contribution in [0.15, 0.2) is 115 Å². The number of hydrogen-bond acceptors (Lipinski definition) is 4. The van der Waals surface area contributed by atoms with E-state index in [0.717, 1.165) is 33.3 Å². The molecule has 6 aromatic carbocycles. The van der Waals surface area contributed by atoms with E-state index in [4.69, 9.17) is 14.3 Å². The molecule has 0 radical (unpaired) electrons. The minimum atomic E-state index is -0.398. The van der Waals surface area contributed by atoms with E-state index < -0.39 is 7.12 Å². The molecule has 226 valence electrons. The van der Waals surface area contributed by atoms with Crippen molar-refractivity contribution in [2.45, 2.75) is 38.9 Å². The molecule has 1 saturated heterocycles. The summed E-state index contributed by atoms with van der Waals surface area (Å²) in [7, 11) is -0.398. The van der Waals surface area contributed by atoms with Gasteiger partial charge < -0.3 is 9.31 Å². The number of pyridine rings is 1. The molecule has 6 heteroatoms. The lowest BCUT2D eigenvalue weighted by molar-refractivity contribution is 0.00578. The predicted molar refractivity (Wildman–Crippen MR) is 199 cm³/mol. The summed E-state index contributed by atoms with van der Waals surface area (Å²) in [6.07, 6.45) is 2.22. The van der Waals surface area contributed by atoms with E-state index in [1.165, 1.54) is 52.5 Å². The summed E-state index contributed by atoms with van der Waals surface area (Å²) in [5.41, 5.74) is 5.68. The Morgan fingerprint density at radius 2 is 1.36 bits per heavy atom. The molecule has 0 N–H and O–H groups in total. The Kier molecular flexibility index (Phi) is 5.49. The highest BCUT2D eigenvalue weighted by molar-refractivity contribution is 7.26. The maximum Gasteiger partial charge on any atom is 0.494 e. The van der Waals surface area contributed by atoms with E-state index in [-0.39, 0.29) is 11.2 Å². The smallest absolute Gasteiger partial charge is 0.399 e. The third kappa shape index (κ3) is 3.86. The maximum atomic E-state index is 6.37. The van der Waals surface area contributed by atoms with Crippen molar-refractivity contribution >= 4 is 93.1 Å². The Morgan fingerprint density at radius 1 is 0.660 bits per heavy atom. The molecule has 4 nitrogen and oxygen atoms in total. The Bertz CT molecular complexity index is 2740. The number of fused-ring (bicyclic) bond motifs is 12. The van der Waals surface area contributed by atoms with Crippen molar-refractivity contribution in [1.82, 2.24) is 9.38 Å². The lowest BCUT2D eigenvalue weighted by Gasteiger charge is -2.32. The molecule has 0 aliphatic carbocycles. The summed E-state index contributed by atoms with van der Waals surface area (Å²) in [6.45, 7) is 8.38. The Labute approximate surface area is 276 Å². The minimum absolute atomic E-state index is 0.385. The third-order valence-corrected chi connectivity index (χ3v) is 11.8. The molecule has 1 aliphatic heterocycles. The highest BCUT2D eigenvalue weighted by Gasteiger charge is 2.51. The van der Waals surface area contributed by atoms with E-state index in [2.05, 4.69) is 147 Å². The zero-order valence-corrected chi connectivity index (χ0v) is 27.5. The zero-order valence-electron chi connectivity index (χ0n) is 26.7. The Balaban J connectivity index is 1.25. The van der Waals surface area contributed by atoms with Gasteiger partial charge in [0.2, 0.25) is 0 Å². The van der Waals surface area contributed by atoms with Crippen molar-refractivity contribution in [3.05, 3.63) is 115 Å². The lowest BCUT2D eigenvalue weighted by Crippen LogP contribution is -2.41. The second-order valence-electron chi connectivity index (χ2n) is 13.9. The van der Waals surface area contributed by atoms with Crippen molar-refractivity contribution in [3.63, 3.8) is 0 Å². The molecule has 47 heavy (non-hydrogen) atoms. The van der Waals surface area contributed by atoms with Gasteiger partial charge in [-0.05, 0) is 96.0 Å². The molecule has 0 saturated carbocycles. The molecule has 0 amide bonds. The quantitative estimate of drug-likeness (QED) is 0.142. The fourth-order valence-electron chi connectivity index (χ4n) is 7.38. The molecule has 4 heterocycles. The summed E-state index contributed by atoms with van der Waals surface area (Å²) in [5.74, 6) is 0. The topological polar surface area (TPSA) is 35.8 Å². The molecule has 1 aliphatic rings. The summed E-state index contributed by atoms with van der Waals surface area (Å²) in [5, 5.41) is 9.91. The van der Waals surface area contributed by atoms with Gasteiger partial charge in [-0.1, -0.05) is 78.9 Å². The fourth-order valence-corrected chi connectivity index (χ4v) is 8.57. The summed E-state index contributed by atoms with van der Waals surface area (Å²) in [4.78, 5) is 5.49. The molecular formula is C41H31BN2O2S. The standard InChI is InChI=1S/C41H31BN2O2S/c1-40(2)41(3,4)46-42(45-40)29-16-13-25(14-17-29)33-23-28-21-26-10-5-6-11-27(26)22-32(28)36-37(33)44-20-19-31-35-30-12-8-7-9-24(30)15-18-34(35)47-38(31)39(44)43-36/h5-23H,1-4H3. The predicted octanol–water partition coefficient (Wildman–Crippen LogP) is 10.3. The summed E-state index contributed by atoms with van der Waals surface area (Å²) in [6, 6.07) is 39.7. The second-order valence-corrected chi connectivity index (χ2v) is 14.9. The molecular weight excluding hydrogens is 595 g/mol. The molecule has 9 aromatic rings. The number of imidazole rings is 1. The van der Waals surface area contributed by atoms with Gasteiger partial charge in [-0.25, -0.2) is 4.98 Å². The first kappa shape index (κ1) is 27.4. The number of thiophene rings is 1. The van der Waals surface area contributed by atoms with Crippen LogP contribution in [0.2, 0.25) is 0 Å². The molecule has 0 atom stereocenters. The largest absolute Gasteiger partial charge is 0.494 e. The van der Waals surface area contributed by atoms with Crippen molar-refractivity contribution < 1.29 is 9.31 Å². The normalized spacial score (nSPS) is 16.2. The van der Waals surface area contributed by atoms with Crippen molar-refractivity contribution in [1.29, 1.82) is 0 Å². The van der Waals surface area contributed by atoms with Crippen LogP contribution in [-0.2, 0) is 9.31 Å². The molecule has 0 bridgehead atoms. The number of nitrogens with zero attached hydrogens (tertiary/aromatic N) is 2. The molecule has 0 spiro atoms. The van der Waals surface area contributed by atoms with E-state index in [9.17, 15) is 0 Å². The van der Waals surface area contributed by atoms with Crippen LogP contribution in [0.1, 0.15) is 27.7 Å². The SMILES string of the molecule is CC1(C)OB(c2ccc(-c3cc4cc5ccccc5cc4c4nc5c6sc7ccc8ccccc8c7c6ccn5c34)cc2)OC1(C)C. The first-order chi connectivity index (χ1) is 22.8. The van der Waals surface area contributed by atoms with Gasteiger partial charge in [-0.15, -0.1) is 11.3 Å². The summed E-state index contributed by atoms with van der Waals surface area (Å²) >= 11 is 1.84. The van der Waals surface area contributed by atoms with Crippen LogP contribution >= 0.6 is 11.3 Å². The van der Waals surface area contributed by atoms with Crippen LogP contribution in [0.25, 0.3) is 80.3 Å². The minimum Gasteiger partial charge on any atom is -0.399 e. The van der Waals surface area contributed by atoms with Crippen LogP contribution in [0, 0.1) is 0 Å². The van der Waals surface area contributed by atoms with Gasteiger partial charge in [0, 0.05) is 32.6 Å². The Morgan fingerprint density at radius 3 is 2.13 bits per heavy atom. The molecule has 1 fully saturated rings. The van der Waals surface area contributed by atoms with Crippen LogP contribution in [0.3, 0.4) is 0 Å². The van der Waals surface area contributed by atoms with Gasteiger partial charge in [-0.2, -0.15) is 0 Å². The van der Waals surface area contributed by atoms with Crippen molar-refractivity contribution in [3.8, 4) is 11.1 Å². The van der Waals surface area contributed by atoms with Gasteiger partial charge >= 0.3 is 7.12 Å². The summed E-state index contributed by atoms with van der Waals surface area (Å²) < 4.78 is 17.5. The van der Waals surface area contributed by atoms with E-state index >= 15 is 0 Å². The van der Waals surface area contributed by atoms with Gasteiger partial charge in [0.1, 0.15) is 0 Å². The van der Waals surface area contributed by atoms with Crippen LogP contribution in [0.4, 0.5) is 0 Å². The van der Waals surface area contributed by atoms with Gasteiger partial charge in [0.25, 0.3) is 0 Å². The van der Waals surface area contributed by atoms with Crippen molar-refractivity contribution in [2.24, 2.45) is 0 Å². The average Bonchev–Trinajstić information content (AvgIpc) is 3.72. The van der Waals surface area contributed by atoms with E-state index in [0.29, 0.717) is 0 Å². The first-order valence-electron chi connectivity index (χ1n) is 16.2. The number of benzene rings is 6. The zero-order chi connectivity index (χ0) is 31.7. The lowest BCUT2D eigenvalue weighted by atomic mass is 9.78. The van der Waals surface area contributed by atoms with Gasteiger partial charge in [-0.3, -0.25) is 4.40 Å². The number of rotatable bonds is 2. The van der Waals surface area contributed by atoms with E-state index in [1.54, 1.807) is 0 Å². The monoisotopic (exact) mass is 626 g/mol. The van der Waals surface area contributed by atoms with Gasteiger partial charge in [0.15, 0.2) is 5.65 Å². The third-order valence-electron chi connectivity index (χ3n) is 10.6. The van der Waals surface area contributed by atoms with E-state index in [1.807, 2.05) is 11.3 Å². The highest BCUT2D eigenvalue weighted by atomic mass is 32.1. The van der Waals surface area contributed by atoms with Crippen molar-refractivity contribution in [2.75, 3.05) is 0 Å². The second kappa shape index (κ2) is 9.42. The fraction of sp³-hybridized carbons (Fsp3) is 0.146.